The van der Waals surface area contributed by atoms with E-state index in [1.165, 1.54) is 22.7 Å². The monoisotopic (exact) mass is 369 g/mol. The molecule has 0 radical (unpaired) electrons. The van der Waals surface area contributed by atoms with Crippen molar-refractivity contribution in [3.8, 4) is 11.3 Å². The SMILES string of the molecule is C=CCN(C(=O)c1sc(CC)nc1C)c1nc(-c2ccccc2)cs1. The van der Waals surface area contributed by atoms with E-state index in [1.54, 1.807) is 11.0 Å². The molecule has 0 unspecified atom stereocenters. The van der Waals surface area contributed by atoms with Crippen LogP contribution in [0.15, 0.2) is 48.4 Å². The van der Waals surface area contributed by atoms with Gasteiger partial charge in [-0.2, -0.15) is 0 Å². The van der Waals surface area contributed by atoms with Gasteiger partial charge < -0.3 is 0 Å². The molecular weight excluding hydrogens is 350 g/mol. The lowest BCUT2D eigenvalue weighted by atomic mass is 10.2. The van der Waals surface area contributed by atoms with Crippen molar-refractivity contribution in [3.63, 3.8) is 0 Å². The number of rotatable bonds is 6. The van der Waals surface area contributed by atoms with E-state index in [2.05, 4.69) is 16.5 Å². The quantitative estimate of drug-likeness (QED) is 0.576. The summed E-state index contributed by atoms with van der Waals surface area (Å²) in [5.74, 6) is -0.0661. The molecule has 0 spiro atoms. The predicted molar refractivity (Wildman–Crippen MR) is 106 cm³/mol. The Morgan fingerprint density at radius 2 is 2.04 bits per heavy atom. The summed E-state index contributed by atoms with van der Waals surface area (Å²) in [6, 6.07) is 9.96. The van der Waals surface area contributed by atoms with Gasteiger partial charge in [-0.25, -0.2) is 9.97 Å². The maximum absolute atomic E-state index is 13.0. The van der Waals surface area contributed by atoms with E-state index < -0.39 is 0 Å². The Kier molecular flexibility index (Phi) is 5.40. The Bertz CT molecular complexity index is 883. The van der Waals surface area contributed by atoms with Gasteiger partial charge in [-0.3, -0.25) is 9.69 Å². The second-order valence-electron chi connectivity index (χ2n) is 5.46. The van der Waals surface area contributed by atoms with Crippen LogP contribution in [-0.4, -0.2) is 22.4 Å². The van der Waals surface area contributed by atoms with Crippen molar-refractivity contribution in [2.24, 2.45) is 0 Å². The minimum absolute atomic E-state index is 0.0661. The van der Waals surface area contributed by atoms with Crippen molar-refractivity contribution >= 4 is 33.7 Å². The number of nitrogens with zero attached hydrogens (tertiary/aromatic N) is 3. The average Bonchev–Trinajstić information content (AvgIpc) is 3.26. The van der Waals surface area contributed by atoms with Gasteiger partial charge in [0.05, 0.1) is 16.4 Å². The van der Waals surface area contributed by atoms with E-state index in [9.17, 15) is 4.79 Å². The molecule has 3 rings (SSSR count). The van der Waals surface area contributed by atoms with Crippen LogP contribution in [0.5, 0.6) is 0 Å². The Hall–Kier alpha value is -2.31. The average molecular weight is 370 g/mol. The van der Waals surface area contributed by atoms with Crippen LogP contribution in [0.25, 0.3) is 11.3 Å². The van der Waals surface area contributed by atoms with Crippen molar-refractivity contribution in [1.82, 2.24) is 9.97 Å². The van der Waals surface area contributed by atoms with E-state index in [0.29, 0.717) is 16.6 Å². The second kappa shape index (κ2) is 7.72. The molecule has 1 amide bonds. The molecule has 128 valence electrons. The summed E-state index contributed by atoms with van der Waals surface area (Å²) in [6.45, 7) is 8.12. The molecule has 0 N–H and O–H groups in total. The number of aromatic nitrogens is 2. The van der Waals surface area contributed by atoms with Crippen molar-refractivity contribution in [2.75, 3.05) is 11.4 Å². The lowest BCUT2D eigenvalue weighted by Gasteiger charge is -2.17. The lowest BCUT2D eigenvalue weighted by molar-refractivity contribution is 0.0993. The normalized spacial score (nSPS) is 10.6. The molecule has 2 heterocycles. The van der Waals surface area contributed by atoms with Crippen LogP contribution in [0.2, 0.25) is 0 Å². The molecule has 3 aromatic rings. The Labute approximate surface area is 155 Å². The van der Waals surface area contributed by atoms with Crippen LogP contribution in [0.3, 0.4) is 0 Å². The van der Waals surface area contributed by atoms with Crippen molar-refractivity contribution in [1.29, 1.82) is 0 Å². The van der Waals surface area contributed by atoms with Crippen LogP contribution < -0.4 is 4.90 Å². The smallest absolute Gasteiger partial charge is 0.272 e. The first kappa shape index (κ1) is 17.5. The number of aryl methyl sites for hydroxylation is 2. The molecule has 0 bridgehead atoms. The number of thiazole rings is 2. The fraction of sp³-hybridized carbons (Fsp3) is 0.211. The van der Waals surface area contributed by atoms with Gasteiger partial charge in [0.25, 0.3) is 5.91 Å². The van der Waals surface area contributed by atoms with Crippen molar-refractivity contribution in [2.45, 2.75) is 20.3 Å². The molecule has 2 aromatic heterocycles. The Morgan fingerprint density at radius 3 is 2.68 bits per heavy atom. The van der Waals surface area contributed by atoms with Gasteiger partial charge in [0.2, 0.25) is 0 Å². The first-order valence-electron chi connectivity index (χ1n) is 8.04. The zero-order chi connectivity index (χ0) is 17.8. The Morgan fingerprint density at radius 1 is 1.28 bits per heavy atom. The van der Waals surface area contributed by atoms with E-state index in [0.717, 1.165) is 28.4 Å². The standard InChI is InChI=1S/C19H19N3OS2/c1-4-11-22(18(23)17-13(3)20-16(5-2)25-17)19-21-15(12-24-19)14-9-7-6-8-10-14/h4,6-10,12H,1,5,11H2,2-3H3. The zero-order valence-electron chi connectivity index (χ0n) is 14.2. The maximum Gasteiger partial charge on any atom is 0.272 e. The number of benzene rings is 1. The highest BCUT2D eigenvalue weighted by molar-refractivity contribution is 7.15. The summed E-state index contributed by atoms with van der Waals surface area (Å²) in [7, 11) is 0. The summed E-state index contributed by atoms with van der Waals surface area (Å²) in [5.41, 5.74) is 2.69. The third-order valence-corrected chi connectivity index (χ3v) is 5.84. The van der Waals surface area contributed by atoms with Gasteiger partial charge in [0, 0.05) is 17.5 Å². The summed E-state index contributed by atoms with van der Waals surface area (Å²) < 4.78 is 0. The fourth-order valence-electron chi connectivity index (χ4n) is 2.43. The highest BCUT2D eigenvalue weighted by Gasteiger charge is 2.24. The molecule has 0 fully saturated rings. The number of hydrogen-bond acceptors (Lipinski definition) is 5. The van der Waals surface area contributed by atoms with Crippen molar-refractivity contribution in [3.05, 3.63) is 63.9 Å². The molecule has 1 aromatic carbocycles. The molecule has 4 nitrogen and oxygen atoms in total. The molecular formula is C19H19N3OS2. The highest BCUT2D eigenvalue weighted by atomic mass is 32.1. The fourth-order valence-corrected chi connectivity index (χ4v) is 4.23. The maximum atomic E-state index is 13.0. The largest absolute Gasteiger partial charge is 0.279 e. The first-order valence-corrected chi connectivity index (χ1v) is 9.73. The summed E-state index contributed by atoms with van der Waals surface area (Å²) in [4.78, 5) is 24.5. The van der Waals surface area contributed by atoms with Gasteiger partial charge in [0.1, 0.15) is 4.88 Å². The highest BCUT2D eigenvalue weighted by Crippen LogP contribution is 2.30. The summed E-state index contributed by atoms with van der Waals surface area (Å²) in [5, 5.41) is 3.63. The number of amides is 1. The third kappa shape index (κ3) is 3.70. The van der Waals surface area contributed by atoms with E-state index in [-0.39, 0.29) is 5.91 Å². The molecule has 0 aliphatic heterocycles. The van der Waals surface area contributed by atoms with E-state index in [4.69, 9.17) is 0 Å². The van der Waals surface area contributed by atoms with Crippen LogP contribution >= 0.6 is 22.7 Å². The molecule has 6 heteroatoms. The van der Waals surface area contributed by atoms with Gasteiger partial charge >= 0.3 is 0 Å². The molecule has 0 saturated heterocycles. The minimum atomic E-state index is -0.0661. The lowest BCUT2D eigenvalue weighted by Crippen LogP contribution is -2.30. The Balaban J connectivity index is 1.93. The van der Waals surface area contributed by atoms with Gasteiger partial charge in [-0.1, -0.05) is 43.3 Å². The van der Waals surface area contributed by atoms with Crippen molar-refractivity contribution < 1.29 is 4.79 Å². The zero-order valence-corrected chi connectivity index (χ0v) is 15.9. The number of hydrogen-bond donors (Lipinski definition) is 0. The molecule has 0 atom stereocenters. The van der Waals surface area contributed by atoms with Gasteiger partial charge in [-0.05, 0) is 13.3 Å². The number of anilines is 1. The summed E-state index contributed by atoms with van der Waals surface area (Å²) >= 11 is 2.92. The van der Waals surface area contributed by atoms with E-state index in [1.807, 2.05) is 49.6 Å². The van der Waals surface area contributed by atoms with Gasteiger partial charge in [-0.15, -0.1) is 29.3 Å². The van der Waals surface area contributed by atoms with E-state index >= 15 is 0 Å². The molecule has 25 heavy (non-hydrogen) atoms. The third-order valence-electron chi connectivity index (χ3n) is 3.69. The van der Waals surface area contributed by atoms with Crippen LogP contribution in [0.1, 0.15) is 27.3 Å². The molecule has 0 saturated carbocycles. The molecule has 0 aliphatic rings. The van der Waals surface area contributed by atoms with Crippen LogP contribution in [0, 0.1) is 6.92 Å². The number of carbonyl (C=O) groups is 1. The van der Waals surface area contributed by atoms with Crippen LogP contribution in [0.4, 0.5) is 5.13 Å². The topological polar surface area (TPSA) is 46.1 Å². The first-order chi connectivity index (χ1) is 12.1. The predicted octanol–water partition coefficient (Wildman–Crippen LogP) is 4.97. The molecule has 0 aliphatic carbocycles. The van der Waals surface area contributed by atoms with Crippen LogP contribution in [-0.2, 0) is 6.42 Å². The summed E-state index contributed by atoms with van der Waals surface area (Å²) in [6.07, 6.45) is 2.55. The second-order valence-corrected chi connectivity index (χ2v) is 7.38. The van der Waals surface area contributed by atoms with Gasteiger partial charge in [0.15, 0.2) is 5.13 Å². The number of carbonyl (C=O) groups excluding carboxylic acids is 1. The minimum Gasteiger partial charge on any atom is -0.279 e.